The van der Waals surface area contributed by atoms with Gasteiger partial charge in [0.05, 0.1) is 11.9 Å². The number of carbonyl (C=O) groups excluding carboxylic acids is 2. The number of aryl methyl sites for hydroxylation is 1. The van der Waals surface area contributed by atoms with E-state index in [2.05, 4.69) is 5.32 Å². The SMILES string of the molecule is CCCNC(=O)[C@@H](Cc1ccccc1)N(Cc1ccccc1)C(=O)CN(c1ccccc1C)S(C)(=O)=O. The van der Waals surface area contributed by atoms with Gasteiger partial charge in [-0.3, -0.25) is 13.9 Å². The van der Waals surface area contributed by atoms with Crippen molar-refractivity contribution in [1.82, 2.24) is 10.2 Å². The quantitative estimate of drug-likeness (QED) is 0.391. The van der Waals surface area contributed by atoms with Crippen LogP contribution >= 0.6 is 0 Å². The molecular formula is C29H35N3O4S. The molecule has 0 aromatic heterocycles. The molecule has 0 bridgehead atoms. The van der Waals surface area contributed by atoms with Crippen LogP contribution in [0.1, 0.15) is 30.0 Å². The third kappa shape index (κ3) is 7.92. The van der Waals surface area contributed by atoms with Crippen LogP contribution in [0.5, 0.6) is 0 Å². The lowest BCUT2D eigenvalue weighted by atomic mass is 10.0. The van der Waals surface area contributed by atoms with Gasteiger partial charge in [-0.2, -0.15) is 0 Å². The van der Waals surface area contributed by atoms with Crippen LogP contribution < -0.4 is 9.62 Å². The van der Waals surface area contributed by atoms with E-state index in [9.17, 15) is 18.0 Å². The van der Waals surface area contributed by atoms with Gasteiger partial charge in [-0.25, -0.2) is 8.42 Å². The molecule has 37 heavy (non-hydrogen) atoms. The molecule has 0 spiro atoms. The lowest BCUT2D eigenvalue weighted by Gasteiger charge is -2.33. The largest absolute Gasteiger partial charge is 0.354 e. The highest BCUT2D eigenvalue weighted by atomic mass is 32.2. The number of hydrogen-bond donors (Lipinski definition) is 1. The van der Waals surface area contributed by atoms with Crippen molar-refractivity contribution in [3.8, 4) is 0 Å². The van der Waals surface area contributed by atoms with Crippen LogP contribution in [-0.2, 0) is 32.6 Å². The summed E-state index contributed by atoms with van der Waals surface area (Å²) in [7, 11) is -3.78. The van der Waals surface area contributed by atoms with Crippen LogP contribution in [0.25, 0.3) is 0 Å². The zero-order valence-corrected chi connectivity index (χ0v) is 22.4. The van der Waals surface area contributed by atoms with Gasteiger partial charge in [-0.05, 0) is 36.1 Å². The molecule has 0 fully saturated rings. The third-order valence-corrected chi connectivity index (χ3v) is 7.21. The van der Waals surface area contributed by atoms with Gasteiger partial charge >= 0.3 is 0 Å². The van der Waals surface area contributed by atoms with Gasteiger partial charge in [0.2, 0.25) is 21.8 Å². The highest BCUT2D eigenvalue weighted by Gasteiger charge is 2.33. The Balaban J connectivity index is 2.03. The summed E-state index contributed by atoms with van der Waals surface area (Å²) in [4.78, 5) is 28.9. The molecule has 0 radical (unpaired) electrons. The first-order chi connectivity index (χ1) is 17.7. The average Bonchev–Trinajstić information content (AvgIpc) is 2.89. The summed E-state index contributed by atoms with van der Waals surface area (Å²) in [5.74, 6) is -0.720. The molecule has 1 atom stereocenters. The van der Waals surface area contributed by atoms with Crippen LogP contribution in [0, 0.1) is 6.92 Å². The number of nitrogens with zero attached hydrogens (tertiary/aromatic N) is 2. The molecule has 0 unspecified atom stereocenters. The van der Waals surface area contributed by atoms with Crippen molar-refractivity contribution in [2.24, 2.45) is 0 Å². The van der Waals surface area contributed by atoms with Crippen molar-refractivity contribution >= 4 is 27.5 Å². The van der Waals surface area contributed by atoms with E-state index >= 15 is 0 Å². The van der Waals surface area contributed by atoms with Crippen molar-refractivity contribution < 1.29 is 18.0 Å². The summed E-state index contributed by atoms with van der Waals surface area (Å²) in [6.45, 7) is 4.00. The number of sulfonamides is 1. The third-order valence-electron chi connectivity index (χ3n) is 6.08. The van der Waals surface area contributed by atoms with Crippen LogP contribution in [0.4, 0.5) is 5.69 Å². The molecule has 3 aromatic rings. The molecule has 0 aliphatic carbocycles. The first kappa shape index (κ1) is 27.9. The molecule has 7 nitrogen and oxygen atoms in total. The maximum absolute atomic E-state index is 13.9. The first-order valence-electron chi connectivity index (χ1n) is 12.4. The molecule has 3 rings (SSSR count). The van der Waals surface area contributed by atoms with E-state index in [1.807, 2.05) is 73.7 Å². The number of carbonyl (C=O) groups is 2. The lowest BCUT2D eigenvalue weighted by Crippen LogP contribution is -2.53. The highest BCUT2D eigenvalue weighted by molar-refractivity contribution is 7.92. The van der Waals surface area contributed by atoms with Crippen molar-refractivity contribution in [2.45, 2.75) is 39.3 Å². The van der Waals surface area contributed by atoms with Gasteiger partial charge < -0.3 is 10.2 Å². The van der Waals surface area contributed by atoms with Gasteiger partial charge in [0.15, 0.2) is 0 Å². The summed E-state index contributed by atoms with van der Waals surface area (Å²) in [5.41, 5.74) is 2.92. The van der Waals surface area contributed by atoms with Crippen LogP contribution in [0.2, 0.25) is 0 Å². The van der Waals surface area contributed by atoms with Crippen molar-refractivity contribution in [1.29, 1.82) is 0 Å². The molecule has 0 aliphatic rings. The Bertz CT molecular complexity index is 1280. The van der Waals surface area contributed by atoms with E-state index in [0.717, 1.165) is 33.7 Å². The predicted molar refractivity (Wildman–Crippen MR) is 148 cm³/mol. The predicted octanol–water partition coefficient (Wildman–Crippen LogP) is 3.93. The van der Waals surface area contributed by atoms with Crippen molar-refractivity contribution in [2.75, 3.05) is 23.7 Å². The van der Waals surface area contributed by atoms with Crippen LogP contribution in [0.15, 0.2) is 84.9 Å². The van der Waals surface area contributed by atoms with Gasteiger partial charge in [-0.15, -0.1) is 0 Å². The van der Waals surface area contributed by atoms with E-state index in [-0.39, 0.29) is 12.5 Å². The number of rotatable bonds is 12. The normalized spacial score (nSPS) is 12.0. The second kappa shape index (κ2) is 13.1. The number of para-hydroxylation sites is 1. The standard InChI is InChI=1S/C29H35N3O4S/c1-4-19-30-29(34)27(20-24-14-7-5-8-15-24)31(21-25-16-9-6-10-17-25)28(33)22-32(37(3,35)36)26-18-12-11-13-23(26)2/h5-18,27H,4,19-22H2,1-3H3,(H,30,34)/t27-/m1/s1. The highest BCUT2D eigenvalue weighted by Crippen LogP contribution is 2.23. The summed E-state index contributed by atoms with van der Waals surface area (Å²) in [5, 5.41) is 2.93. The van der Waals surface area contributed by atoms with Crippen LogP contribution in [0.3, 0.4) is 0 Å². The second-order valence-electron chi connectivity index (χ2n) is 9.06. The van der Waals surface area contributed by atoms with E-state index in [1.54, 1.807) is 25.1 Å². The number of hydrogen-bond acceptors (Lipinski definition) is 4. The average molecular weight is 522 g/mol. The molecule has 1 N–H and O–H groups in total. The minimum Gasteiger partial charge on any atom is -0.354 e. The molecular weight excluding hydrogens is 486 g/mol. The summed E-state index contributed by atoms with van der Waals surface area (Å²) < 4.78 is 26.7. The molecule has 0 aliphatic heterocycles. The van der Waals surface area contributed by atoms with E-state index < -0.39 is 28.5 Å². The van der Waals surface area contributed by atoms with Crippen LogP contribution in [-0.4, -0.2) is 50.5 Å². The Morgan fingerprint density at radius 1 is 0.865 bits per heavy atom. The van der Waals surface area contributed by atoms with Crippen molar-refractivity contribution in [3.63, 3.8) is 0 Å². The van der Waals surface area contributed by atoms with Gasteiger partial charge in [0, 0.05) is 19.5 Å². The van der Waals surface area contributed by atoms with E-state index in [0.29, 0.717) is 18.7 Å². The Kier molecular flexibility index (Phi) is 9.85. The second-order valence-corrected chi connectivity index (χ2v) is 11.0. The molecule has 2 amide bonds. The van der Waals surface area contributed by atoms with Crippen molar-refractivity contribution in [3.05, 3.63) is 102 Å². The van der Waals surface area contributed by atoms with Gasteiger partial charge in [0.25, 0.3) is 0 Å². The van der Waals surface area contributed by atoms with Gasteiger partial charge in [-0.1, -0.05) is 85.8 Å². The fourth-order valence-corrected chi connectivity index (χ4v) is 5.05. The number of amides is 2. The molecule has 0 heterocycles. The Morgan fingerprint density at radius 3 is 2.00 bits per heavy atom. The summed E-state index contributed by atoms with van der Waals surface area (Å²) in [6, 6.07) is 25.1. The Labute approximate surface area is 220 Å². The zero-order valence-electron chi connectivity index (χ0n) is 21.6. The number of nitrogens with one attached hydrogen (secondary N) is 1. The smallest absolute Gasteiger partial charge is 0.244 e. The monoisotopic (exact) mass is 521 g/mol. The molecule has 8 heteroatoms. The zero-order chi connectivity index (χ0) is 26.8. The Morgan fingerprint density at radius 2 is 1.43 bits per heavy atom. The number of benzene rings is 3. The van der Waals surface area contributed by atoms with E-state index in [1.165, 1.54) is 4.90 Å². The minimum atomic E-state index is -3.78. The fourth-order valence-electron chi connectivity index (χ4n) is 4.14. The molecule has 3 aromatic carbocycles. The summed E-state index contributed by atoms with van der Waals surface area (Å²) in [6.07, 6.45) is 2.15. The van der Waals surface area contributed by atoms with Gasteiger partial charge in [0.1, 0.15) is 12.6 Å². The number of anilines is 1. The maximum Gasteiger partial charge on any atom is 0.244 e. The first-order valence-corrected chi connectivity index (χ1v) is 14.2. The summed E-state index contributed by atoms with van der Waals surface area (Å²) >= 11 is 0. The molecule has 196 valence electrons. The molecule has 0 saturated heterocycles. The van der Waals surface area contributed by atoms with E-state index in [4.69, 9.17) is 0 Å². The molecule has 0 saturated carbocycles. The Hall–Kier alpha value is -3.65. The topological polar surface area (TPSA) is 86.8 Å². The fraction of sp³-hybridized carbons (Fsp3) is 0.310. The maximum atomic E-state index is 13.9. The lowest BCUT2D eigenvalue weighted by molar-refractivity contribution is -0.140. The minimum absolute atomic E-state index is 0.169.